The number of aliphatic hydroxyl groups is 1. The Kier molecular flexibility index (Phi) is 4.82. The number of rotatable bonds is 4. The van der Waals surface area contributed by atoms with Gasteiger partial charge in [0.05, 0.1) is 5.60 Å². The van der Waals surface area contributed by atoms with Gasteiger partial charge in [-0.3, -0.25) is 4.79 Å². The number of carbonyl (C=O) groups excluding carboxylic acids is 1. The van der Waals surface area contributed by atoms with Crippen molar-refractivity contribution in [1.29, 1.82) is 0 Å². The van der Waals surface area contributed by atoms with Crippen LogP contribution in [0, 0.1) is 0 Å². The van der Waals surface area contributed by atoms with E-state index >= 15 is 0 Å². The van der Waals surface area contributed by atoms with Crippen LogP contribution in [0.2, 0.25) is 0 Å². The molecule has 2 aromatic rings. The zero-order chi connectivity index (χ0) is 18.0. The standard InChI is InChI=1S/C21H25NO3/c1-21(2,25)11-9-15-5-3-6-16(13-15)20(24)22-12-10-18-17(14-22)7-4-8-19(18)23/h3-8,13,23,25H,9-12,14H2,1-2H3. The van der Waals surface area contributed by atoms with Crippen molar-refractivity contribution in [3.05, 3.63) is 64.7 Å². The molecule has 2 N–H and O–H groups in total. The van der Waals surface area contributed by atoms with E-state index in [1.807, 2.05) is 41.3 Å². The minimum Gasteiger partial charge on any atom is -0.508 e. The van der Waals surface area contributed by atoms with Gasteiger partial charge in [0, 0.05) is 24.2 Å². The maximum absolute atomic E-state index is 12.9. The zero-order valence-corrected chi connectivity index (χ0v) is 14.8. The summed E-state index contributed by atoms with van der Waals surface area (Å²) >= 11 is 0. The van der Waals surface area contributed by atoms with E-state index in [2.05, 4.69) is 0 Å². The molecule has 2 aromatic carbocycles. The number of carbonyl (C=O) groups is 1. The first kappa shape index (κ1) is 17.5. The Balaban J connectivity index is 1.73. The fraction of sp³-hybridized carbons (Fsp3) is 0.381. The van der Waals surface area contributed by atoms with Crippen LogP contribution >= 0.6 is 0 Å². The van der Waals surface area contributed by atoms with Crippen molar-refractivity contribution >= 4 is 5.91 Å². The Morgan fingerprint density at radius 1 is 1.20 bits per heavy atom. The number of hydrogen-bond acceptors (Lipinski definition) is 3. The number of amides is 1. The molecule has 0 spiro atoms. The van der Waals surface area contributed by atoms with E-state index in [1.54, 1.807) is 19.9 Å². The molecule has 0 atom stereocenters. The van der Waals surface area contributed by atoms with Gasteiger partial charge in [0.1, 0.15) is 5.75 Å². The molecule has 1 heterocycles. The number of hydrogen-bond donors (Lipinski definition) is 2. The largest absolute Gasteiger partial charge is 0.508 e. The molecule has 0 fully saturated rings. The molecule has 0 aromatic heterocycles. The Labute approximate surface area is 148 Å². The van der Waals surface area contributed by atoms with E-state index in [1.165, 1.54) is 0 Å². The fourth-order valence-electron chi connectivity index (χ4n) is 3.26. The lowest BCUT2D eigenvalue weighted by atomic mass is 9.96. The number of nitrogens with zero attached hydrogens (tertiary/aromatic N) is 1. The van der Waals surface area contributed by atoms with Gasteiger partial charge in [0.15, 0.2) is 0 Å². The van der Waals surface area contributed by atoms with Crippen molar-refractivity contribution < 1.29 is 15.0 Å². The molecule has 0 radical (unpaired) electrons. The highest BCUT2D eigenvalue weighted by atomic mass is 16.3. The van der Waals surface area contributed by atoms with Crippen molar-refractivity contribution in [1.82, 2.24) is 4.90 Å². The second-order valence-corrected chi connectivity index (χ2v) is 7.40. The Morgan fingerprint density at radius 3 is 2.72 bits per heavy atom. The molecule has 1 aliphatic rings. The lowest BCUT2D eigenvalue weighted by Crippen LogP contribution is -2.36. The summed E-state index contributed by atoms with van der Waals surface area (Å²) in [6, 6.07) is 13.1. The first-order valence-corrected chi connectivity index (χ1v) is 8.74. The smallest absolute Gasteiger partial charge is 0.254 e. The second-order valence-electron chi connectivity index (χ2n) is 7.40. The summed E-state index contributed by atoms with van der Waals surface area (Å²) in [5.41, 5.74) is 2.99. The number of phenolic OH excluding ortho intramolecular Hbond substituents is 1. The van der Waals surface area contributed by atoms with Gasteiger partial charge in [-0.15, -0.1) is 0 Å². The van der Waals surface area contributed by atoms with Gasteiger partial charge in [-0.05, 0) is 62.4 Å². The average molecular weight is 339 g/mol. The molecule has 4 heteroatoms. The molecule has 1 aliphatic heterocycles. The fourth-order valence-corrected chi connectivity index (χ4v) is 3.26. The minimum absolute atomic E-state index is 0.0131. The summed E-state index contributed by atoms with van der Waals surface area (Å²) in [7, 11) is 0. The van der Waals surface area contributed by atoms with Crippen LogP contribution in [0.3, 0.4) is 0 Å². The van der Waals surface area contributed by atoms with Gasteiger partial charge in [-0.2, -0.15) is 0 Å². The third kappa shape index (κ3) is 4.20. The quantitative estimate of drug-likeness (QED) is 0.898. The van der Waals surface area contributed by atoms with Gasteiger partial charge in [-0.25, -0.2) is 0 Å². The van der Waals surface area contributed by atoms with Gasteiger partial charge < -0.3 is 15.1 Å². The Morgan fingerprint density at radius 2 is 1.96 bits per heavy atom. The number of aryl methyl sites for hydroxylation is 1. The van der Waals surface area contributed by atoms with Crippen LogP contribution in [-0.4, -0.2) is 33.2 Å². The average Bonchev–Trinajstić information content (AvgIpc) is 2.59. The highest BCUT2D eigenvalue weighted by Gasteiger charge is 2.23. The number of aromatic hydroxyl groups is 1. The van der Waals surface area contributed by atoms with E-state index in [0.717, 1.165) is 23.1 Å². The SMILES string of the molecule is CC(C)(O)CCc1cccc(C(=O)N2CCc3c(O)cccc3C2)c1. The molecular formula is C21H25NO3. The molecule has 3 rings (SSSR count). The monoisotopic (exact) mass is 339 g/mol. The molecule has 0 saturated heterocycles. The van der Waals surface area contributed by atoms with Crippen LogP contribution in [0.25, 0.3) is 0 Å². The van der Waals surface area contributed by atoms with Gasteiger partial charge >= 0.3 is 0 Å². The van der Waals surface area contributed by atoms with Crippen LogP contribution in [0.15, 0.2) is 42.5 Å². The Bertz CT molecular complexity index is 777. The third-order valence-electron chi connectivity index (χ3n) is 4.73. The van der Waals surface area contributed by atoms with Crippen molar-refractivity contribution in [2.75, 3.05) is 6.54 Å². The second kappa shape index (κ2) is 6.89. The van der Waals surface area contributed by atoms with Crippen molar-refractivity contribution in [2.24, 2.45) is 0 Å². The van der Waals surface area contributed by atoms with E-state index in [0.29, 0.717) is 37.2 Å². The molecule has 25 heavy (non-hydrogen) atoms. The minimum atomic E-state index is -0.710. The van der Waals surface area contributed by atoms with Crippen molar-refractivity contribution in [3.63, 3.8) is 0 Å². The molecule has 0 bridgehead atoms. The molecule has 4 nitrogen and oxygen atoms in total. The normalized spacial score (nSPS) is 14.3. The summed E-state index contributed by atoms with van der Waals surface area (Å²) < 4.78 is 0. The third-order valence-corrected chi connectivity index (χ3v) is 4.73. The number of fused-ring (bicyclic) bond motifs is 1. The van der Waals surface area contributed by atoms with E-state index in [-0.39, 0.29) is 5.91 Å². The summed E-state index contributed by atoms with van der Waals surface area (Å²) in [6.07, 6.45) is 2.06. The van der Waals surface area contributed by atoms with Crippen LogP contribution < -0.4 is 0 Å². The summed E-state index contributed by atoms with van der Waals surface area (Å²) in [5.74, 6) is 0.331. The van der Waals surface area contributed by atoms with Gasteiger partial charge in [-0.1, -0.05) is 24.3 Å². The predicted octanol–water partition coefficient (Wildman–Crippen LogP) is 3.29. The first-order valence-electron chi connectivity index (χ1n) is 8.74. The predicted molar refractivity (Wildman–Crippen MR) is 97.6 cm³/mol. The van der Waals surface area contributed by atoms with Crippen LogP contribution in [0.4, 0.5) is 0 Å². The molecule has 1 amide bonds. The number of phenols is 1. The highest BCUT2D eigenvalue weighted by molar-refractivity contribution is 5.94. The molecular weight excluding hydrogens is 314 g/mol. The van der Waals surface area contributed by atoms with Crippen molar-refractivity contribution in [2.45, 2.75) is 45.3 Å². The topological polar surface area (TPSA) is 60.8 Å². The number of benzene rings is 2. The van der Waals surface area contributed by atoms with Crippen LogP contribution in [0.1, 0.15) is 47.3 Å². The lowest BCUT2D eigenvalue weighted by Gasteiger charge is -2.29. The van der Waals surface area contributed by atoms with Crippen LogP contribution in [-0.2, 0) is 19.4 Å². The van der Waals surface area contributed by atoms with E-state index in [9.17, 15) is 15.0 Å². The Hall–Kier alpha value is -2.33. The first-order chi connectivity index (χ1) is 11.8. The van der Waals surface area contributed by atoms with E-state index in [4.69, 9.17) is 0 Å². The molecule has 0 aliphatic carbocycles. The molecule has 0 saturated carbocycles. The van der Waals surface area contributed by atoms with E-state index < -0.39 is 5.60 Å². The summed E-state index contributed by atoms with van der Waals surface area (Å²) in [4.78, 5) is 14.7. The maximum atomic E-state index is 12.9. The maximum Gasteiger partial charge on any atom is 0.254 e. The zero-order valence-electron chi connectivity index (χ0n) is 14.8. The summed E-state index contributed by atoms with van der Waals surface area (Å²) in [5, 5.41) is 19.8. The van der Waals surface area contributed by atoms with Gasteiger partial charge in [0.25, 0.3) is 5.91 Å². The van der Waals surface area contributed by atoms with Crippen LogP contribution in [0.5, 0.6) is 5.75 Å². The molecule has 0 unspecified atom stereocenters. The summed E-state index contributed by atoms with van der Waals surface area (Å²) in [6.45, 7) is 4.72. The van der Waals surface area contributed by atoms with Gasteiger partial charge in [0.2, 0.25) is 0 Å². The molecule has 132 valence electrons. The lowest BCUT2D eigenvalue weighted by molar-refractivity contribution is 0.0714. The highest BCUT2D eigenvalue weighted by Crippen LogP contribution is 2.27. The van der Waals surface area contributed by atoms with Crippen molar-refractivity contribution in [3.8, 4) is 5.75 Å².